The quantitative estimate of drug-likeness (QED) is 0.894. The predicted molar refractivity (Wildman–Crippen MR) is 61.1 cm³/mol. The number of aryl methyl sites for hydroxylation is 1. The van der Waals surface area contributed by atoms with Gasteiger partial charge in [0.05, 0.1) is 11.9 Å². The van der Waals surface area contributed by atoms with Gasteiger partial charge in [-0.3, -0.25) is 9.58 Å². The van der Waals surface area contributed by atoms with Crippen LogP contribution in [0.15, 0.2) is 6.20 Å². The third-order valence-electron chi connectivity index (χ3n) is 3.61. The Kier molecular flexibility index (Phi) is 4.10. The van der Waals surface area contributed by atoms with Gasteiger partial charge in [-0.15, -0.1) is 5.10 Å². The van der Waals surface area contributed by atoms with Crippen LogP contribution < -0.4 is 0 Å². The summed E-state index contributed by atoms with van der Waals surface area (Å²) in [7, 11) is 1.78. The average molecular weight is 278 g/mol. The molecule has 0 aliphatic carbocycles. The van der Waals surface area contributed by atoms with Crippen molar-refractivity contribution in [2.75, 3.05) is 13.1 Å². The number of hydrogen-bond acceptors (Lipinski definition) is 4. The molecule has 0 amide bonds. The van der Waals surface area contributed by atoms with E-state index in [4.69, 9.17) is 0 Å². The van der Waals surface area contributed by atoms with Gasteiger partial charge in [-0.25, -0.2) is 0 Å². The lowest BCUT2D eigenvalue weighted by Gasteiger charge is -2.34. The lowest BCUT2D eigenvalue weighted by molar-refractivity contribution is -0.223. The van der Waals surface area contributed by atoms with Crippen LogP contribution in [0.3, 0.4) is 0 Å². The standard InChI is InChI=1S/C11H17F3N4O/c1-17-9(6-15-16-17)7-18-4-2-8(3-5-18)10(19)11(12,13)14/h6,8,10,19H,2-5,7H2,1H3. The second kappa shape index (κ2) is 5.46. The molecule has 19 heavy (non-hydrogen) atoms. The number of rotatable bonds is 3. The first-order valence-corrected chi connectivity index (χ1v) is 6.18. The molecule has 0 spiro atoms. The number of aliphatic hydroxyl groups excluding tert-OH is 1. The Hall–Kier alpha value is -1.15. The minimum Gasteiger partial charge on any atom is -0.383 e. The molecule has 5 nitrogen and oxygen atoms in total. The second-order valence-electron chi connectivity index (χ2n) is 4.95. The average Bonchev–Trinajstić information content (AvgIpc) is 2.74. The molecule has 1 unspecified atom stereocenters. The van der Waals surface area contributed by atoms with Crippen molar-refractivity contribution < 1.29 is 18.3 Å². The number of nitrogens with zero attached hydrogens (tertiary/aromatic N) is 4. The van der Waals surface area contributed by atoms with Crippen molar-refractivity contribution in [2.45, 2.75) is 31.7 Å². The van der Waals surface area contributed by atoms with Gasteiger partial charge in [0.2, 0.25) is 0 Å². The maximum atomic E-state index is 12.4. The van der Waals surface area contributed by atoms with E-state index in [1.54, 1.807) is 17.9 Å². The van der Waals surface area contributed by atoms with Crippen molar-refractivity contribution in [1.29, 1.82) is 0 Å². The van der Waals surface area contributed by atoms with Crippen LogP contribution in [-0.2, 0) is 13.6 Å². The molecule has 0 radical (unpaired) electrons. The molecule has 0 saturated carbocycles. The first-order valence-electron chi connectivity index (χ1n) is 6.18. The van der Waals surface area contributed by atoms with E-state index >= 15 is 0 Å². The fourth-order valence-corrected chi connectivity index (χ4v) is 2.38. The van der Waals surface area contributed by atoms with E-state index in [2.05, 4.69) is 15.2 Å². The summed E-state index contributed by atoms with van der Waals surface area (Å²) in [5.41, 5.74) is 0.926. The van der Waals surface area contributed by atoms with Crippen molar-refractivity contribution in [3.8, 4) is 0 Å². The van der Waals surface area contributed by atoms with Gasteiger partial charge in [0.25, 0.3) is 0 Å². The van der Waals surface area contributed by atoms with Crippen molar-refractivity contribution in [3.05, 3.63) is 11.9 Å². The Morgan fingerprint density at radius 2 is 2.05 bits per heavy atom. The third-order valence-corrected chi connectivity index (χ3v) is 3.61. The Bertz CT molecular complexity index is 412. The minimum atomic E-state index is -4.52. The summed E-state index contributed by atoms with van der Waals surface area (Å²) < 4.78 is 38.9. The van der Waals surface area contributed by atoms with Crippen LogP contribution >= 0.6 is 0 Å². The van der Waals surface area contributed by atoms with Gasteiger partial charge < -0.3 is 5.11 Å². The molecule has 0 aromatic carbocycles. The van der Waals surface area contributed by atoms with Crippen LogP contribution in [-0.4, -0.2) is 50.4 Å². The largest absolute Gasteiger partial charge is 0.414 e. The number of likely N-dealkylation sites (tertiary alicyclic amines) is 1. The van der Waals surface area contributed by atoms with Gasteiger partial charge >= 0.3 is 6.18 Å². The highest BCUT2D eigenvalue weighted by Gasteiger charge is 2.44. The SMILES string of the molecule is Cn1nncc1CN1CCC(C(O)C(F)(F)F)CC1. The van der Waals surface area contributed by atoms with Gasteiger partial charge in [-0.1, -0.05) is 5.21 Å². The van der Waals surface area contributed by atoms with Crippen molar-refractivity contribution in [3.63, 3.8) is 0 Å². The van der Waals surface area contributed by atoms with Gasteiger partial charge in [0, 0.05) is 13.6 Å². The van der Waals surface area contributed by atoms with Gasteiger partial charge in [0.15, 0.2) is 6.10 Å². The highest BCUT2D eigenvalue weighted by atomic mass is 19.4. The molecule has 1 aliphatic rings. The van der Waals surface area contributed by atoms with Crippen LogP contribution in [0.4, 0.5) is 13.2 Å². The molecule has 2 heterocycles. The summed E-state index contributed by atoms with van der Waals surface area (Å²) in [6.07, 6.45) is -4.36. The first-order chi connectivity index (χ1) is 8.88. The third kappa shape index (κ3) is 3.44. The molecule has 1 aromatic heterocycles. The summed E-state index contributed by atoms with van der Waals surface area (Å²) in [5, 5.41) is 16.8. The highest BCUT2D eigenvalue weighted by Crippen LogP contribution is 2.31. The van der Waals surface area contributed by atoms with Crippen molar-refractivity contribution in [1.82, 2.24) is 19.9 Å². The number of piperidine rings is 1. The van der Waals surface area contributed by atoms with Crippen LogP contribution in [0.5, 0.6) is 0 Å². The second-order valence-corrected chi connectivity index (χ2v) is 4.95. The Balaban J connectivity index is 1.84. The first kappa shape index (κ1) is 14.3. The molecule has 1 aliphatic heterocycles. The highest BCUT2D eigenvalue weighted by molar-refractivity contribution is 4.94. The molecule has 0 bridgehead atoms. The Labute approximate surface area is 109 Å². The molecule has 108 valence electrons. The summed E-state index contributed by atoms with van der Waals surface area (Å²) in [5.74, 6) is -0.694. The van der Waals surface area contributed by atoms with E-state index in [0.717, 1.165) is 5.69 Å². The zero-order valence-corrected chi connectivity index (χ0v) is 10.6. The molecule has 2 rings (SSSR count). The summed E-state index contributed by atoms with van der Waals surface area (Å²) in [6, 6.07) is 0. The van der Waals surface area contributed by atoms with E-state index in [-0.39, 0.29) is 0 Å². The van der Waals surface area contributed by atoms with Gasteiger partial charge in [0.1, 0.15) is 0 Å². The summed E-state index contributed by atoms with van der Waals surface area (Å²) in [4.78, 5) is 2.05. The van der Waals surface area contributed by atoms with Gasteiger partial charge in [-0.2, -0.15) is 13.2 Å². The van der Waals surface area contributed by atoms with Crippen LogP contribution in [0, 0.1) is 5.92 Å². The molecule has 1 saturated heterocycles. The monoisotopic (exact) mass is 278 g/mol. The maximum Gasteiger partial charge on any atom is 0.414 e. The Morgan fingerprint density at radius 3 is 2.53 bits per heavy atom. The van der Waals surface area contributed by atoms with E-state index < -0.39 is 18.2 Å². The zero-order valence-electron chi connectivity index (χ0n) is 10.6. The van der Waals surface area contributed by atoms with Gasteiger partial charge in [-0.05, 0) is 31.8 Å². The number of halogens is 3. The van der Waals surface area contributed by atoms with Crippen molar-refractivity contribution >= 4 is 0 Å². The number of alkyl halides is 3. The smallest absolute Gasteiger partial charge is 0.383 e. The molecular weight excluding hydrogens is 261 g/mol. The molecule has 1 N–H and O–H groups in total. The Morgan fingerprint density at radius 1 is 1.42 bits per heavy atom. The predicted octanol–water partition coefficient (Wildman–Crippen LogP) is 0.950. The molecular formula is C11H17F3N4O. The van der Waals surface area contributed by atoms with Crippen LogP contribution in [0.2, 0.25) is 0 Å². The molecule has 1 fully saturated rings. The van der Waals surface area contributed by atoms with Crippen LogP contribution in [0.1, 0.15) is 18.5 Å². The molecule has 1 aromatic rings. The van der Waals surface area contributed by atoms with E-state index in [0.29, 0.717) is 32.5 Å². The lowest BCUT2D eigenvalue weighted by atomic mass is 9.91. The van der Waals surface area contributed by atoms with Crippen LogP contribution in [0.25, 0.3) is 0 Å². The van der Waals surface area contributed by atoms with E-state index in [1.165, 1.54) is 0 Å². The minimum absolute atomic E-state index is 0.353. The lowest BCUT2D eigenvalue weighted by Crippen LogP contribution is -2.43. The number of aliphatic hydroxyl groups is 1. The summed E-state index contributed by atoms with van der Waals surface area (Å²) in [6.45, 7) is 1.71. The molecule has 8 heteroatoms. The van der Waals surface area contributed by atoms with E-state index in [9.17, 15) is 18.3 Å². The van der Waals surface area contributed by atoms with Crippen molar-refractivity contribution in [2.24, 2.45) is 13.0 Å². The topological polar surface area (TPSA) is 54.2 Å². The summed E-state index contributed by atoms with van der Waals surface area (Å²) >= 11 is 0. The fraction of sp³-hybridized carbons (Fsp3) is 0.818. The normalized spacial score (nSPS) is 20.7. The molecule has 1 atom stereocenters. The number of hydrogen-bond donors (Lipinski definition) is 1. The number of aromatic nitrogens is 3. The zero-order chi connectivity index (χ0) is 14.0. The van der Waals surface area contributed by atoms with E-state index in [1.807, 2.05) is 0 Å². The fourth-order valence-electron chi connectivity index (χ4n) is 2.38. The maximum absolute atomic E-state index is 12.4.